The molecule has 0 saturated heterocycles. The van der Waals surface area contributed by atoms with E-state index in [4.69, 9.17) is 28.4 Å². The molecule has 1 atom stereocenters. The number of hydrogen-bond acceptors (Lipinski definition) is 8. The van der Waals surface area contributed by atoms with Crippen LogP contribution in [0, 0.1) is 5.92 Å². The van der Waals surface area contributed by atoms with Gasteiger partial charge in [0.15, 0.2) is 0 Å². The summed E-state index contributed by atoms with van der Waals surface area (Å²) < 4.78 is 30.7. The van der Waals surface area contributed by atoms with Gasteiger partial charge in [-0.1, -0.05) is 6.92 Å². The summed E-state index contributed by atoms with van der Waals surface area (Å²) in [5, 5.41) is 0. The first-order chi connectivity index (χ1) is 12.1. The van der Waals surface area contributed by atoms with Crippen LogP contribution < -0.4 is 0 Å². The van der Waals surface area contributed by atoms with Crippen LogP contribution in [-0.4, -0.2) is 78.0 Å². The quantitative estimate of drug-likeness (QED) is 0.281. The van der Waals surface area contributed by atoms with Gasteiger partial charge in [0.05, 0.1) is 52.0 Å². The maximum absolute atomic E-state index is 11.7. The molecular formula is C17H32O8. The normalized spacial score (nSPS) is 12.0. The fraction of sp³-hybridized carbons (Fsp3) is 0.882. The minimum Gasteiger partial charge on any atom is -0.463 e. The standard InChI is InChI=1S/C17H32O8/c1-4-20-6-8-22-10-12-24-16(18)14-15(3)17(19)25-13-11-23-9-7-21-5-2/h15H,4-14H2,1-3H3. The molecule has 0 spiro atoms. The highest BCUT2D eigenvalue weighted by molar-refractivity contribution is 5.79. The third-order valence-corrected chi connectivity index (χ3v) is 2.99. The van der Waals surface area contributed by atoms with E-state index in [1.807, 2.05) is 13.8 Å². The third kappa shape index (κ3) is 16.0. The van der Waals surface area contributed by atoms with Gasteiger partial charge in [-0.15, -0.1) is 0 Å². The lowest BCUT2D eigenvalue weighted by Crippen LogP contribution is -2.22. The molecule has 0 amide bonds. The van der Waals surface area contributed by atoms with Gasteiger partial charge in [0.1, 0.15) is 13.2 Å². The summed E-state index contributed by atoms with van der Waals surface area (Å²) in [6.07, 6.45) is -0.0248. The number of ether oxygens (including phenoxy) is 6. The van der Waals surface area contributed by atoms with E-state index in [1.54, 1.807) is 6.92 Å². The highest BCUT2D eigenvalue weighted by Crippen LogP contribution is 2.06. The Hall–Kier alpha value is -1.22. The van der Waals surface area contributed by atoms with Gasteiger partial charge in [0.2, 0.25) is 0 Å². The molecule has 0 heterocycles. The van der Waals surface area contributed by atoms with Gasteiger partial charge in [-0.25, -0.2) is 0 Å². The molecule has 148 valence electrons. The molecule has 0 aromatic carbocycles. The van der Waals surface area contributed by atoms with E-state index in [0.717, 1.165) is 0 Å². The molecule has 8 heteroatoms. The first kappa shape index (κ1) is 23.8. The maximum Gasteiger partial charge on any atom is 0.309 e. The van der Waals surface area contributed by atoms with Crippen LogP contribution in [0.25, 0.3) is 0 Å². The van der Waals surface area contributed by atoms with E-state index in [2.05, 4.69) is 0 Å². The molecule has 1 unspecified atom stereocenters. The van der Waals surface area contributed by atoms with Crippen molar-refractivity contribution in [2.24, 2.45) is 5.92 Å². The highest BCUT2D eigenvalue weighted by Gasteiger charge is 2.19. The van der Waals surface area contributed by atoms with Crippen molar-refractivity contribution in [3.8, 4) is 0 Å². The zero-order chi connectivity index (χ0) is 18.8. The summed E-state index contributed by atoms with van der Waals surface area (Å²) in [6.45, 7) is 9.58. The lowest BCUT2D eigenvalue weighted by atomic mass is 10.1. The van der Waals surface area contributed by atoms with Crippen molar-refractivity contribution in [3.63, 3.8) is 0 Å². The minimum absolute atomic E-state index is 0.0248. The molecule has 0 aromatic heterocycles. The number of hydrogen-bond donors (Lipinski definition) is 0. The van der Waals surface area contributed by atoms with Crippen molar-refractivity contribution in [1.29, 1.82) is 0 Å². The molecule has 8 nitrogen and oxygen atoms in total. The summed E-state index contributed by atoms with van der Waals surface area (Å²) in [6, 6.07) is 0. The molecular weight excluding hydrogens is 332 g/mol. The monoisotopic (exact) mass is 364 g/mol. The summed E-state index contributed by atoms with van der Waals surface area (Å²) in [7, 11) is 0. The Morgan fingerprint density at radius 2 is 1.12 bits per heavy atom. The minimum atomic E-state index is -0.560. The zero-order valence-electron chi connectivity index (χ0n) is 15.6. The van der Waals surface area contributed by atoms with Crippen molar-refractivity contribution in [1.82, 2.24) is 0 Å². The molecule has 0 fully saturated rings. The fourth-order valence-corrected chi connectivity index (χ4v) is 1.68. The predicted molar refractivity (Wildman–Crippen MR) is 90.3 cm³/mol. The largest absolute Gasteiger partial charge is 0.463 e. The van der Waals surface area contributed by atoms with Crippen molar-refractivity contribution >= 4 is 11.9 Å². The fourth-order valence-electron chi connectivity index (χ4n) is 1.68. The van der Waals surface area contributed by atoms with Crippen LogP contribution in [0.15, 0.2) is 0 Å². The number of esters is 2. The lowest BCUT2D eigenvalue weighted by Gasteiger charge is -2.12. The molecule has 25 heavy (non-hydrogen) atoms. The molecule has 0 aliphatic heterocycles. The summed E-state index contributed by atoms with van der Waals surface area (Å²) in [4.78, 5) is 23.4. The summed E-state index contributed by atoms with van der Waals surface area (Å²) in [5.41, 5.74) is 0. The Balaban J connectivity index is 3.56. The van der Waals surface area contributed by atoms with E-state index in [-0.39, 0.29) is 19.6 Å². The summed E-state index contributed by atoms with van der Waals surface area (Å²) >= 11 is 0. The van der Waals surface area contributed by atoms with Crippen LogP contribution in [0.4, 0.5) is 0 Å². The Morgan fingerprint density at radius 1 is 0.680 bits per heavy atom. The van der Waals surface area contributed by atoms with Crippen LogP contribution in [-0.2, 0) is 38.0 Å². The first-order valence-corrected chi connectivity index (χ1v) is 8.75. The van der Waals surface area contributed by atoms with Gasteiger partial charge in [-0.2, -0.15) is 0 Å². The van der Waals surface area contributed by atoms with Crippen molar-refractivity contribution in [2.45, 2.75) is 27.2 Å². The lowest BCUT2D eigenvalue weighted by molar-refractivity contribution is -0.156. The van der Waals surface area contributed by atoms with Gasteiger partial charge >= 0.3 is 11.9 Å². The number of rotatable bonds is 17. The van der Waals surface area contributed by atoms with Gasteiger partial charge < -0.3 is 28.4 Å². The molecule has 0 saturated carbocycles. The van der Waals surface area contributed by atoms with Crippen LogP contribution in [0.5, 0.6) is 0 Å². The number of carbonyl (C=O) groups excluding carboxylic acids is 2. The Bertz CT molecular complexity index is 335. The molecule has 0 bridgehead atoms. The first-order valence-electron chi connectivity index (χ1n) is 8.75. The van der Waals surface area contributed by atoms with Crippen molar-refractivity contribution in [3.05, 3.63) is 0 Å². The van der Waals surface area contributed by atoms with E-state index in [1.165, 1.54) is 0 Å². The van der Waals surface area contributed by atoms with Gasteiger partial charge in [0, 0.05) is 13.2 Å². The van der Waals surface area contributed by atoms with Crippen LogP contribution >= 0.6 is 0 Å². The highest BCUT2D eigenvalue weighted by atomic mass is 16.6. The maximum atomic E-state index is 11.7. The topological polar surface area (TPSA) is 89.5 Å². The Labute approximate surface area is 150 Å². The van der Waals surface area contributed by atoms with Gasteiger partial charge in [0.25, 0.3) is 0 Å². The molecule has 0 radical (unpaired) electrons. The average Bonchev–Trinajstić information content (AvgIpc) is 2.59. The van der Waals surface area contributed by atoms with Crippen molar-refractivity contribution in [2.75, 3.05) is 66.1 Å². The second-order valence-corrected chi connectivity index (χ2v) is 5.11. The van der Waals surface area contributed by atoms with Crippen LogP contribution in [0.3, 0.4) is 0 Å². The summed E-state index contributed by atoms with van der Waals surface area (Å²) in [5.74, 6) is -1.46. The smallest absolute Gasteiger partial charge is 0.309 e. The zero-order valence-corrected chi connectivity index (χ0v) is 15.6. The SMILES string of the molecule is CCOCCOCCOC(=O)CC(C)C(=O)OCCOCCOCC. The van der Waals surface area contributed by atoms with E-state index >= 15 is 0 Å². The number of carbonyl (C=O) groups is 2. The molecule has 0 N–H and O–H groups in total. The Kier molecular flexibility index (Phi) is 16.7. The predicted octanol–water partition coefficient (Wildman–Crippen LogP) is 1.21. The van der Waals surface area contributed by atoms with Crippen molar-refractivity contribution < 1.29 is 38.0 Å². The van der Waals surface area contributed by atoms with Crippen LogP contribution in [0.1, 0.15) is 27.2 Å². The van der Waals surface area contributed by atoms with Gasteiger partial charge in [-0.05, 0) is 13.8 Å². The molecule has 0 aliphatic carbocycles. The second kappa shape index (κ2) is 17.6. The average molecular weight is 364 g/mol. The van der Waals surface area contributed by atoms with Crippen LogP contribution in [0.2, 0.25) is 0 Å². The van der Waals surface area contributed by atoms with E-state index in [0.29, 0.717) is 52.9 Å². The second-order valence-electron chi connectivity index (χ2n) is 5.11. The molecule has 0 aromatic rings. The molecule has 0 rings (SSSR count). The third-order valence-electron chi connectivity index (χ3n) is 2.99. The van der Waals surface area contributed by atoms with E-state index < -0.39 is 17.9 Å². The van der Waals surface area contributed by atoms with Gasteiger partial charge in [-0.3, -0.25) is 9.59 Å². The molecule has 0 aliphatic rings. The van der Waals surface area contributed by atoms with E-state index in [9.17, 15) is 9.59 Å². The Morgan fingerprint density at radius 3 is 1.64 bits per heavy atom.